The fourth-order valence-corrected chi connectivity index (χ4v) is 2.70. The number of ether oxygens (including phenoxy) is 1. The molecule has 0 spiro atoms. The molecule has 0 atom stereocenters. The summed E-state index contributed by atoms with van der Waals surface area (Å²) in [7, 11) is 0. The highest BCUT2D eigenvalue weighted by Gasteiger charge is 2.15. The molecule has 0 amide bonds. The quantitative estimate of drug-likeness (QED) is 0.851. The van der Waals surface area contributed by atoms with Crippen LogP contribution in [0.25, 0.3) is 0 Å². The number of carbonyl (C=O) groups is 1. The van der Waals surface area contributed by atoms with Crippen LogP contribution in [-0.4, -0.2) is 23.4 Å². The summed E-state index contributed by atoms with van der Waals surface area (Å²) in [5.74, 6) is 1.10. The van der Waals surface area contributed by atoms with E-state index in [1.165, 1.54) is 10.5 Å². The molecule has 1 aliphatic heterocycles. The SMILES string of the molecule is O=C(O)CCOc1cccc2c1SCC2. The molecule has 0 saturated carbocycles. The molecule has 0 aromatic heterocycles. The minimum absolute atomic E-state index is 0.0499. The summed E-state index contributed by atoms with van der Waals surface area (Å²) >= 11 is 1.78. The number of carboxylic acids is 1. The highest BCUT2D eigenvalue weighted by atomic mass is 32.2. The Labute approximate surface area is 92.4 Å². The first-order valence-corrected chi connectivity index (χ1v) is 5.85. The Morgan fingerprint density at radius 2 is 2.40 bits per heavy atom. The van der Waals surface area contributed by atoms with Crippen LogP contribution in [0.3, 0.4) is 0 Å². The predicted octanol–water partition coefficient (Wildman–Crippen LogP) is 2.19. The molecule has 1 aliphatic rings. The summed E-state index contributed by atoms with van der Waals surface area (Å²) in [4.78, 5) is 11.5. The fourth-order valence-electron chi connectivity index (χ4n) is 1.55. The van der Waals surface area contributed by atoms with Crippen molar-refractivity contribution in [3.05, 3.63) is 23.8 Å². The largest absolute Gasteiger partial charge is 0.492 e. The second-order valence-electron chi connectivity index (χ2n) is 3.34. The number of carboxylic acid groups (broad SMARTS) is 1. The van der Waals surface area contributed by atoms with Crippen molar-refractivity contribution in [1.29, 1.82) is 0 Å². The molecule has 1 heterocycles. The molecule has 1 aromatic rings. The number of hydrogen-bond donors (Lipinski definition) is 1. The summed E-state index contributed by atoms with van der Waals surface area (Å²) in [6, 6.07) is 5.96. The van der Waals surface area contributed by atoms with Gasteiger partial charge in [0.25, 0.3) is 0 Å². The number of aliphatic carboxylic acids is 1. The Kier molecular flexibility index (Phi) is 3.16. The van der Waals surface area contributed by atoms with Crippen LogP contribution in [0.15, 0.2) is 23.1 Å². The molecule has 0 saturated heterocycles. The molecule has 0 aliphatic carbocycles. The monoisotopic (exact) mass is 224 g/mol. The second kappa shape index (κ2) is 4.57. The smallest absolute Gasteiger partial charge is 0.306 e. The maximum absolute atomic E-state index is 10.3. The molecule has 1 aromatic carbocycles. The van der Waals surface area contributed by atoms with Crippen LogP contribution in [0.4, 0.5) is 0 Å². The van der Waals surface area contributed by atoms with Crippen molar-refractivity contribution in [3.63, 3.8) is 0 Å². The van der Waals surface area contributed by atoms with Gasteiger partial charge in [-0.1, -0.05) is 12.1 Å². The second-order valence-corrected chi connectivity index (χ2v) is 4.44. The van der Waals surface area contributed by atoms with Crippen molar-refractivity contribution in [2.75, 3.05) is 12.4 Å². The van der Waals surface area contributed by atoms with Crippen LogP contribution < -0.4 is 4.74 Å². The Bertz CT molecular complexity index is 376. The fraction of sp³-hybridized carbons (Fsp3) is 0.364. The Balaban J connectivity index is 2.02. The van der Waals surface area contributed by atoms with Crippen LogP contribution >= 0.6 is 11.8 Å². The number of fused-ring (bicyclic) bond motifs is 1. The first-order chi connectivity index (χ1) is 7.27. The molecular weight excluding hydrogens is 212 g/mol. The standard InChI is InChI=1S/C11H12O3S/c12-10(13)4-6-14-9-3-1-2-8-5-7-15-11(8)9/h1-3H,4-7H2,(H,12,13). The average Bonchev–Trinajstić information content (AvgIpc) is 2.65. The van der Waals surface area contributed by atoms with Crippen molar-refractivity contribution in [2.45, 2.75) is 17.7 Å². The van der Waals surface area contributed by atoms with E-state index >= 15 is 0 Å². The van der Waals surface area contributed by atoms with Gasteiger partial charge in [0.2, 0.25) is 0 Å². The Morgan fingerprint density at radius 3 is 3.20 bits per heavy atom. The molecule has 3 nitrogen and oxygen atoms in total. The molecule has 15 heavy (non-hydrogen) atoms. The number of aryl methyl sites for hydroxylation is 1. The van der Waals surface area contributed by atoms with E-state index in [1.54, 1.807) is 11.8 Å². The summed E-state index contributed by atoms with van der Waals surface area (Å²) in [6.45, 7) is 0.242. The zero-order valence-electron chi connectivity index (χ0n) is 8.23. The molecule has 1 N–H and O–H groups in total. The lowest BCUT2D eigenvalue weighted by molar-refractivity contribution is -0.137. The van der Waals surface area contributed by atoms with Gasteiger partial charge in [-0.2, -0.15) is 0 Å². The van der Waals surface area contributed by atoms with Gasteiger partial charge in [0.15, 0.2) is 0 Å². The van der Waals surface area contributed by atoms with Crippen molar-refractivity contribution < 1.29 is 14.6 Å². The van der Waals surface area contributed by atoms with Gasteiger partial charge >= 0.3 is 5.97 Å². The van der Waals surface area contributed by atoms with Gasteiger partial charge in [0.1, 0.15) is 5.75 Å². The highest BCUT2D eigenvalue weighted by Crippen LogP contribution is 2.38. The van der Waals surface area contributed by atoms with Crippen LogP contribution in [0, 0.1) is 0 Å². The Morgan fingerprint density at radius 1 is 1.53 bits per heavy atom. The van der Waals surface area contributed by atoms with Gasteiger partial charge in [-0.25, -0.2) is 0 Å². The van der Waals surface area contributed by atoms with Crippen LogP contribution in [0.5, 0.6) is 5.75 Å². The number of thioether (sulfide) groups is 1. The maximum atomic E-state index is 10.3. The summed E-state index contributed by atoms with van der Waals surface area (Å²) < 4.78 is 5.46. The molecule has 0 radical (unpaired) electrons. The Hall–Kier alpha value is -1.16. The van der Waals surface area contributed by atoms with Gasteiger partial charge in [-0.05, 0) is 18.1 Å². The third-order valence-electron chi connectivity index (χ3n) is 2.25. The molecule has 2 rings (SSSR count). The van der Waals surface area contributed by atoms with Gasteiger partial charge in [0.05, 0.1) is 17.9 Å². The van der Waals surface area contributed by atoms with Crippen molar-refractivity contribution in [2.24, 2.45) is 0 Å². The minimum Gasteiger partial charge on any atom is -0.492 e. The molecule has 80 valence electrons. The third kappa shape index (κ3) is 2.45. The van der Waals surface area contributed by atoms with Crippen molar-refractivity contribution in [3.8, 4) is 5.75 Å². The molecule has 4 heteroatoms. The van der Waals surface area contributed by atoms with E-state index in [2.05, 4.69) is 6.07 Å². The first kappa shape index (κ1) is 10.4. The topological polar surface area (TPSA) is 46.5 Å². The van der Waals surface area contributed by atoms with Gasteiger partial charge in [-0.3, -0.25) is 4.79 Å². The first-order valence-electron chi connectivity index (χ1n) is 4.86. The number of rotatable bonds is 4. The van der Waals surface area contributed by atoms with E-state index in [0.717, 1.165) is 17.9 Å². The summed E-state index contributed by atoms with van der Waals surface area (Å²) in [5.41, 5.74) is 1.31. The van der Waals surface area contributed by atoms with Gasteiger partial charge in [0, 0.05) is 5.75 Å². The van der Waals surface area contributed by atoms with E-state index in [0.29, 0.717) is 0 Å². The third-order valence-corrected chi connectivity index (χ3v) is 3.41. The molecular formula is C11H12O3S. The lowest BCUT2D eigenvalue weighted by Crippen LogP contribution is -2.05. The van der Waals surface area contributed by atoms with E-state index in [4.69, 9.17) is 9.84 Å². The van der Waals surface area contributed by atoms with E-state index in [-0.39, 0.29) is 13.0 Å². The van der Waals surface area contributed by atoms with Gasteiger partial charge < -0.3 is 9.84 Å². The number of benzene rings is 1. The predicted molar refractivity (Wildman–Crippen MR) is 58.6 cm³/mol. The lowest BCUT2D eigenvalue weighted by Gasteiger charge is -2.08. The van der Waals surface area contributed by atoms with Crippen LogP contribution in [0.2, 0.25) is 0 Å². The summed E-state index contributed by atoms with van der Waals surface area (Å²) in [6.07, 6.45) is 1.13. The summed E-state index contributed by atoms with van der Waals surface area (Å²) in [5, 5.41) is 8.50. The molecule has 0 bridgehead atoms. The lowest BCUT2D eigenvalue weighted by atomic mass is 10.2. The van der Waals surface area contributed by atoms with E-state index < -0.39 is 5.97 Å². The normalized spacial score (nSPS) is 13.6. The average molecular weight is 224 g/mol. The number of hydrogen-bond acceptors (Lipinski definition) is 3. The van der Waals surface area contributed by atoms with Crippen LogP contribution in [0.1, 0.15) is 12.0 Å². The molecule has 0 unspecified atom stereocenters. The van der Waals surface area contributed by atoms with Gasteiger partial charge in [-0.15, -0.1) is 11.8 Å². The minimum atomic E-state index is -0.824. The van der Waals surface area contributed by atoms with E-state index in [9.17, 15) is 4.79 Å². The zero-order chi connectivity index (χ0) is 10.7. The highest BCUT2D eigenvalue weighted by molar-refractivity contribution is 7.99. The maximum Gasteiger partial charge on any atom is 0.306 e. The molecule has 0 fully saturated rings. The van der Waals surface area contributed by atoms with E-state index in [1.807, 2.05) is 12.1 Å². The zero-order valence-corrected chi connectivity index (χ0v) is 9.05. The van der Waals surface area contributed by atoms with Crippen molar-refractivity contribution >= 4 is 17.7 Å². The van der Waals surface area contributed by atoms with Crippen LogP contribution in [-0.2, 0) is 11.2 Å². The van der Waals surface area contributed by atoms with Crippen molar-refractivity contribution in [1.82, 2.24) is 0 Å².